The number of aromatic nitrogens is 1. The lowest BCUT2D eigenvalue weighted by Crippen LogP contribution is -2.40. The van der Waals surface area contributed by atoms with Gasteiger partial charge in [0.2, 0.25) is 0 Å². The van der Waals surface area contributed by atoms with Gasteiger partial charge < -0.3 is 15.6 Å². The lowest BCUT2D eigenvalue weighted by molar-refractivity contribution is 0.0938. The van der Waals surface area contributed by atoms with Crippen LogP contribution in [0.2, 0.25) is 0 Å². The summed E-state index contributed by atoms with van der Waals surface area (Å²) in [6.07, 6.45) is 1.92. The molecule has 1 heterocycles. The van der Waals surface area contributed by atoms with Crippen molar-refractivity contribution in [2.24, 2.45) is 11.7 Å². The molecule has 1 aromatic rings. The largest absolute Gasteiger partial charge is 0.349 e. The lowest BCUT2D eigenvalue weighted by Gasteiger charge is -2.17. The highest BCUT2D eigenvalue weighted by Gasteiger charge is 2.14. The number of hydrogen-bond acceptors (Lipinski definition) is 2. The number of hydrogen-bond donors (Lipinski definition) is 2. The molecule has 1 unspecified atom stereocenters. The van der Waals surface area contributed by atoms with E-state index in [1.54, 1.807) is 0 Å². The highest BCUT2D eigenvalue weighted by atomic mass is 16.1. The predicted molar refractivity (Wildman–Crippen MR) is 70.0 cm³/mol. The summed E-state index contributed by atoms with van der Waals surface area (Å²) in [5.74, 6) is 0.312. The maximum atomic E-state index is 12.0. The molecule has 1 amide bonds. The van der Waals surface area contributed by atoms with E-state index >= 15 is 0 Å². The first kappa shape index (κ1) is 13.8. The van der Waals surface area contributed by atoms with Crippen molar-refractivity contribution in [3.05, 3.63) is 24.0 Å². The maximum absolute atomic E-state index is 12.0. The molecule has 0 aliphatic carbocycles. The average Bonchev–Trinajstić information content (AvgIpc) is 2.73. The molecule has 0 aromatic carbocycles. The third-order valence-corrected chi connectivity index (χ3v) is 2.92. The molecule has 0 saturated heterocycles. The minimum absolute atomic E-state index is 0.00131. The van der Waals surface area contributed by atoms with Crippen LogP contribution in [-0.4, -0.2) is 23.1 Å². The molecule has 0 saturated carbocycles. The Morgan fingerprint density at radius 2 is 2.06 bits per heavy atom. The van der Waals surface area contributed by atoms with E-state index in [4.69, 9.17) is 5.73 Å². The molecule has 1 atom stereocenters. The molecule has 1 rings (SSSR count). The molecule has 0 aliphatic rings. The zero-order chi connectivity index (χ0) is 13.0. The molecular weight excluding hydrogens is 214 g/mol. The third kappa shape index (κ3) is 3.60. The van der Waals surface area contributed by atoms with Crippen molar-refractivity contribution in [1.29, 1.82) is 0 Å². The second-order valence-corrected chi connectivity index (χ2v) is 5.01. The Labute approximate surface area is 103 Å². The molecule has 0 aliphatic heterocycles. The van der Waals surface area contributed by atoms with Gasteiger partial charge in [0.25, 0.3) is 5.91 Å². The van der Waals surface area contributed by atoms with Gasteiger partial charge in [-0.1, -0.05) is 13.8 Å². The van der Waals surface area contributed by atoms with E-state index in [0.29, 0.717) is 18.2 Å². The number of rotatable bonds is 5. The zero-order valence-electron chi connectivity index (χ0n) is 11.1. The quantitative estimate of drug-likeness (QED) is 0.820. The van der Waals surface area contributed by atoms with Gasteiger partial charge in [-0.05, 0) is 31.9 Å². The van der Waals surface area contributed by atoms with Gasteiger partial charge in [0.1, 0.15) is 5.69 Å². The zero-order valence-corrected chi connectivity index (χ0v) is 11.1. The summed E-state index contributed by atoms with van der Waals surface area (Å²) in [4.78, 5) is 12.0. The number of carbonyl (C=O) groups is 1. The second-order valence-electron chi connectivity index (χ2n) is 5.01. The minimum atomic E-state index is -0.0557. The topological polar surface area (TPSA) is 60.0 Å². The van der Waals surface area contributed by atoms with E-state index in [9.17, 15) is 4.79 Å². The summed E-state index contributed by atoms with van der Waals surface area (Å²) >= 11 is 0. The standard InChI is InChI=1S/C13H23N3O/c1-9(2)11(14)8-15-13(17)12-6-5-7-16(12)10(3)4/h5-7,9-11H,8,14H2,1-4H3,(H,15,17). The van der Waals surface area contributed by atoms with Crippen LogP contribution in [0.4, 0.5) is 0 Å². The predicted octanol–water partition coefficient (Wildman–Crippen LogP) is 1.78. The van der Waals surface area contributed by atoms with Gasteiger partial charge in [0, 0.05) is 24.8 Å². The molecule has 4 heteroatoms. The van der Waals surface area contributed by atoms with Crippen LogP contribution in [0.25, 0.3) is 0 Å². The SMILES string of the molecule is CC(C)C(N)CNC(=O)c1cccn1C(C)C. The Morgan fingerprint density at radius 3 is 2.59 bits per heavy atom. The molecule has 17 heavy (non-hydrogen) atoms. The fraction of sp³-hybridized carbons (Fsp3) is 0.615. The van der Waals surface area contributed by atoms with Crippen LogP contribution in [0.3, 0.4) is 0 Å². The molecule has 4 nitrogen and oxygen atoms in total. The number of nitrogens with one attached hydrogen (secondary N) is 1. The monoisotopic (exact) mass is 237 g/mol. The molecule has 96 valence electrons. The summed E-state index contributed by atoms with van der Waals surface area (Å²) in [7, 11) is 0. The van der Waals surface area contributed by atoms with E-state index in [2.05, 4.69) is 19.2 Å². The Kier molecular flexibility index (Phi) is 4.75. The van der Waals surface area contributed by atoms with Crippen LogP contribution in [-0.2, 0) is 0 Å². The molecule has 0 fully saturated rings. The Morgan fingerprint density at radius 1 is 1.41 bits per heavy atom. The van der Waals surface area contributed by atoms with Crippen molar-refractivity contribution >= 4 is 5.91 Å². The Bertz CT molecular complexity index is 368. The average molecular weight is 237 g/mol. The molecule has 0 radical (unpaired) electrons. The minimum Gasteiger partial charge on any atom is -0.349 e. The fourth-order valence-corrected chi connectivity index (χ4v) is 1.57. The first-order valence-corrected chi connectivity index (χ1v) is 6.14. The Hall–Kier alpha value is -1.29. The van der Waals surface area contributed by atoms with Crippen LogP contribution in [0, 0.1) is 5.92 Å². The van der Waals surface area contributed by atoms with Crippen molar-refractivity contribution in [2.75, 3.05) is 6.54 Å². The second kappa shape index (κ2) is 5.87. The van der Waals surface area contributed by atoms with Crippen molar-refractivity contribution in [1.82, 2.24) is 9.88 Å². The van der Waals surface area contributed by atoms with E-state index < -0.39 is 0 Å². The van der Waals surface area contributed by atoms with Gasteiger partial charge in [-0.15, -0.1) is 0 Å². The van der Waals surface area contributed by atoms with Gasteiger partial charge in [0.15, 0.2) is 0 Å². The molecule has 3 N–H and O–H groups in total. The summed E-state index contributed by atoms with van der Waals surface area (Å²) in [6.45, 7) is 8.72. The molecule has 0 bridgehead atoms. The van der Waals surface area contributed by atoms with Crippen LogP contribution in [0.5, 0.6) is 0 Å². The van der Waals surface area contributed by atoms with Crippen molar-refractivity contribution in [3.63, 3.8) is 0 Å². The van der Waals surface area contributed by atoms with Gasteiger partial charge in [-0.25, -0.2) is 0 Å². The van der Waals surface area contributed by atoms with Crippen LogP contribution >= 0.6 is 0 Å². The fourth-order valence-electron chi connectivity index (χ4n) is 1.57. The highest BCUT2D eigenvalue weighted by molar-refractivity contribution is 5.92. The van der Waals surface area contributed by atoms with Gasteiger partial charge in [0.05, 0.1) is 0 Å². The molecule has 1 aromatic heterocycles. The first-order chi connectivity index (χ1) is 7.93. The van der Waals surface area contributed by atoms with Crippen molar-refractivity contribution in [3.8, 4) is 0 Å². The van der Waals surface area contributed by atoms with Crippen LogP contribution in [0.1, 0.15) is 44.2 Å². The smallest absolute Gasteiger partial charge is 0.267 e. The third-order valence-electron chi connectivity index (χ3n) is 2.92. The number of nitrogens with two attached hydrogens (primary N) is 1. The van der Waals surface area contributed by atoms with Gasteiger partial charge >= 0.3 is 0 Å². The van der Waals surface area contributed by atoms with E-state index in [1.165, 1.54) is 0 Å². The van der Waals surface area contributed by atoms with Crippen LogP contribution < -0.4 is 11.1 Å². The molecule has 0 spiro atoms. The lowest BCUT2D eigenvalue weighted by atomic mass is 10.1. The summed E-state index contributed by atoms with van der Waals surface area (Å²) in [5.41, 5.74) is 6.59. The van der Waals surface area contributed by atoms with Crippen LogP contribution in [0.15, 0.2) is 18.3 Å². The van der Waals surface area contributed by atoms with Crippen molar-refractivity contribution in [2.45, 2.75) is 39.8 Å². The van der Waals surface area contributed by atoms with E-state index in [1.807, 2.05) is 36.7 Å². The maximum Gasteiger partial charge on any atom is 0.267 e. The van der Waals surface area contributed by atoms with Gasteiger partial charge in [-0.2, -0.15) is 0 Å². The van der Waals surface area contributed by atoms with E-state index in [0.717, 1.165) is 0 Å². The molecular formula is C13H23N3O. The summed E-state index contributed by atoms with van der Waals surface area (Å²) in [6, 6.07) is 4.00. The summed E-state index contributed by atoms with van der Waals surface area (Å²) < 4.78 is 1.95. The number of carbonyl (C=O) groups excluding carboxylic acids is 1. The first-order valence-electron chi connectivity index (χ1n) is 6.14. The van der Waals surface area contributed by atoms with Gasteiger partial charge in [-0.3, -0.25) is 4.79 Å². The Balaban J connectivity index is 2.61. The van der Waals surface area contributed by atoms with Crippen molar-refractivity contribution < 1.29 is 4.79 Å². The number of amides is 1. The summed E-state index contributed by atoms with van der Waals surface area (Å²) in [5, 5.41) is 2.88. The number of nitrogens with zero attached hydrogens (tertiary/aromatic N) is 1. The normalized spacial score (nSPS) is 13.1. The highest BCUT2D eigenvalue weighted by Crippen LogP contribution is 2.10. The van der Waals surface area contributed by atoms with E-state index in [-0.39, 0.29) is 18.0 Å².